The van der Waals surface area contributed by atoms with Gasteiger partial charge in [-0.3, -0.25) is 0 Å². The topological polar surface area (TPSA) is 38.0 Å². The summed E-state index contributed by atoms with van der Waals surface area (Å²) in [4.78, 5) is 0. The lowest BCUT2D eigenvalue weighted by Gasteiger charge is -2.21. The van der Waals surface area contributed by atoms with Crippen molar-refractivity contribution >= 4 is 0 Å². The van der Waals surface area contributed by atoms with Crippen molar-refractivity contribution < 1.29 is 0 Å². The molecule has 0 saturated heterocycles. The minimum Gasteiger partial charge on any atom is -0.326 e. The molecular weight excluding hydrogens is 160 g/mol. The van der Waals surface area contributed by atoms with Gasteiger partial charge >= 0.3 is 0 Å². The monoisotopic (exact) mass is 186 g/mol. The molecule has 0 fully saturated rings. The minimum absolute atomic E-state index is 0.0105. The van der Waals surface area contributed by atoms with E-state index in [2.05, 4.69) is 39.9 Å². The van der Waals surface area contributed by atoms with Crippen LogP contribution in [0.5, 0.6) is 0 Å². The van der Waals surface area contributed by atoms with Crippen molar-refractivity contribution in [2.75, 3.05) is 13.1 Å². The molecule has 0 radical (unpaired) electrons. The van der Waals surface area contributed by atoms with Crippen LogP contribution in [-0.2, 0) is 0 Å². The summed E-state index contributed by atoms with van der Waals surface area (Å²) in [7, 11) is 0. The molecule has 0 spiro atoms. The fourth-order valence-corrected chi connectivity index (χ4v) is 1.13. The maximum absolute atomic E-state index is 5.88. The van der Waals surface area contributed by atoms with Gasteiger partial charge < -0.3 is 11.1 Å². The van der Waals surface area contributed by atoms with E-state index in [9.17, 15) is 0 Å². The number of rotatable bonds is 5. The van der Waals surface area contributed by atoms with Crippen LogP contribution >= 0.6 is 0 Å². The van der Waals surface area contributed by atoms with Crippen LogP contribution in [0.2, 0.25) is 0 Å². The van der Waals surface area contributed by atoms with Crippen LogP contribution in [0.3, 0.4) is 0 Å². The summed E-state index contributed by atoms with van der Waals surface area (Å²) in [6, 6.07) is 0. The van der Waals surface area contributed by atoms with E-state index in [0.717, 1.165) is 19.5 Å². The highest BCUT2D eigenvalue weighted by Gasteiger charge is 2.11. The standard InChI is InChI=1S/C11H26N2/c1-10(2,3)9-13-8-6-7-11(4,5)12/h13H,6-9,12H2,1-5H3. The third kappa shape index (κ3) is 11.9. The lowest BCUT2D eigenvalue weighted by Crippen LogP contribution is -2.34. The second kappa shape index (κ2) is 4.97. The summed E-state index contributed by atoms with van der Waals surface area (Å²) in [5, 5.41) is 3.44. The van der Waals surface area contributed by atoms with E-state index in [0.29, 0.717) is 5.41 Å². The first kappa shape index (κ1) is 12.9. The van der Waals surface area contributed by atoms with E-state index in [1.165, 1.54) is 6.42 Å². The summed E-state index contributed by atoms with van der Waals surface area (Å²) in [6.07, 6.45) is 2.25. The van der Waals surface area contributed by atoms with Gasteiger partial charge in [0, 0.05) is 5.54 Å². The van der Waals surface area contributed by atoms with Crippen molar-refractivity contribution in [3.63, 3.8) is 0 Å². The van der Waals surface area contributed by atoms with Crippen molar-refractivity contribution in [1.29, 1.82) is 0 Å². The van der Waals surface area contributed by atoms with Gasteiger partial charge in [-0.05, 0) is 45.2 Å². The fraction of sp³-hybridized carbons (Fsp3) is 1.00. The molecule has 0 atom stereocenters. The predicted octanol–water partition coefficient (Wildman–Crippen LogP) is 2.14. The average molecular weight is 186 g/mol. The van der Waals surface area contributed by atoms with Crippen molar-refractivity contribution in [3.05, 3.63) is 0 Å². The Morgan fingerprint density at radius 1 is 1.08 bits per heavy atom. The maximum atomic E-state index is 5.88. The molecule has 0 aliphatic carbocycles. The van der Waals surface area contributed by atoms with Gasteiger partial charge in [-0.15, -0.1) is 0 Å². The van der Waals surface area contributed by atoms with Gasteiger partial charge in [0.1, 0.15) is 0 Å². The van der Waals surface area contributed by atoms with E-state index < -0.39 is 0 Å². The summed E-state index contributed by atoms with van der Waals surface area (Å²) in [5.41, 5.74) is 6.25. The minimum atomic E-state index is -0.0105. The zero-order chi connectivity index (χ0) is 10.5. The molecule has 0 rings (SSSR count). The smallest absolute Gasteiger partial charge is 0.00975 e. The van der Waals surface area contributed by atoms with E-state index in [1.54, 1.807) is 0 Å². The second-order valence-electron chi connectivity index (χ2n) is 5.83. The molecular formula is C11H26N2. The molecule has 0 aliphatic rings. The molecule has 2 nitrogen and oxygen atoms in total. The van der Waals surface area contributed by atoms with Gasteiger partial charge in [0.15, 0.2) is 0 Å². The summed E-state index contributed by atoms with van der Waals surface area (Å²) in [5.74, 6) is 0. The van der Waals surface area contributed by atoms with Crippen LogP contribution in [0, 0.1) is 5.41 Å². The number of hydrogen-bond acceptors (Lipinski definition) is 2. The Morgan fingerprint density at radius 3 is 2.00 bits per heavy atom. The van der Waals surface area contributed by atoms with Crippen LogP contribution in [0.1, 0.15) is 47.5 Å². The van der Waals surface area contributed by atoms with Crippen molar-refractivity contribution in [3.8, 4) is 0 Å². The molecule has 3 N–H and O–H groups in total. The lowest BCUT2D eigenvalue weighted by atomic mass is 9.96. The van der Waals surface area contributed by atoms with E-state index in [4.69, 9.17) is 5.73 Å². The van der Waals surface area contributed by atoms with Crippen LogP contribution in [0.4, 0.5) is 0 Å². The summed E-state index contributed by atoms with van der Waals surface area (Å²) >= 11 is 0. The molecule has 0 saturated carbocycles. The molecule has 0 aliphatic heterocycles. The Kier molecular flexibility index (Phi) is 4.93. The zero-order valence-corrected chi connectivity index (χ0v) is 9.91. The number of nitrogens with one attached hydrogen (secondary N) is 1. The Hall–Kier alpha value is -0.0800. The van der Waals surface area contributed by atoms with Crippen molar-refractivity contribution in [2.24, 2.45) is 11.1 Å². The quantitative estimate of drug-likeness (QED) is 0.646. The first-order chi connectivity index (χ1) is 5.71. The first-order valence-corrected chi connectivity index (χ1v) is 5.20. The van der Waals surface area contributed by atoms with Crippen molar-refractivity contribution in [2.45, 2.75) is 53.0 Å². The van der Waals surface area contributed by atoms with Gasteiger partial charge in [0.2, 0.25) is 0 Å². The highest BCUT2D eigenvalue weighted by Crippen LogP contribution is 2.10. The van der Waals surface area contributed by atoms with Gasteiger partial charge in [-0.2, -0.15) is 0 Å². The average Bonchev–Trinajstić information content (AvgIpc) is 1.81. The molecule has 80 valence electrons. The largest absolute Gasteiger partial charge is 0.326 e. The molecule has 0 heterocycles. The lowest BCUT2D eigenvalue weighted by molar-refractivity contribution is 0.369. The SMILES string of the molecule is CC(C)(C)CNCCCC(C)(C)N. The highest BCUT2D eigenvalue weighted by molar-refractivity contribution is 4.72. The number of hydrogen-bond donors (Lipinski definition) is 2. The molecule has 13 heavy (non-hydrogen) atoms. The first-order valence-electron chi connectivity index (χ1n) is 5.20. The van der Waals surface area contributed by atoms with Crippen LogP contribution in [-0.4, -0.2) is 18.6 Å². The van der Waals surface area contributed by atoms with Gasteiger partial charge in [-0.25, -0.2) is 0 Å². The molecule has 0 unspecified atom stereocenters. The Bertz CT molecular complexity index is 112. The Balaban J connectivity index is 3.28. The van der Waals surface area contributed by atoms with E-state index >= 15 is 0 Å². The molecule has 2 heteroatoms. The molecule has 0 aromatic carbocycles. The van der Waals surface area contributed by atoms with E-state index in [-0.39, 0.29) is 5.54 Å². The normalized spacial score (nSPS) is 13.4. The molecule has 0 aromatic rings. The van der Waals surface area contributed by atoms with Crippen LogP contribution < -0.4 is 11.1 Å². The predicted molar refractivity (Wildman–Crippen MR) is 59.8 cm³/mol. The Morgan fingerprint density at radius 2 is 1.62 bits per heavy atom. The second-order valence-corrected chi connectivity index (χ2v) is 5.83. The van der Waals surface area contributed by atoms with Gasteiger partial charge in [-0.1, -0.05) is 20.8 Å². The zero-order valence-electron chi connectivity index (χ0n) is 9.91. The highest BCUT2D eigenvalue weighted by atomic mass is 14.9. The molecule has 0 amide bonds. The number of nitrogens with two attached hydrogens (primary N) is 1. The molecule has 0 aromatic heterocycles. The fourth-order valence-electron chi connectivity index (χ4n) is 1.13. The third-order valence-electron chi connectivity index (χ3n) is 1.83. The maximum Gasteiger partial charge on any atom is 0.00975 e. The molecule has 0 bridgehead atoms. The third-order valence-corrected chi connectivity index (χ3v) is 1.83. The van der Waals surface area contributed by atoms with Crippen LogP contribution in [0.15, 0.2) is 0 Å². The van der Waals surface area contributed by atoms with Crippen LogP contribution in [0.25, 0.3) is 0 Å². The van der Waals surface area contributed by atoms with Gasteiger partial charge in [0.05, 0.1) is 0 Å². The van der Waals surface area contributed by atoms with Gasteiger partial charge in [0.25, 0.3) is 0 Å². The Labute approximate surface area is 83.3 Å². The summed E-state index contributed by atoms with van der Waals surface area (Å²) in [6.45, 7) is 13.1. The summed E-state index contributed by atoms with van der Waals surface area (Å²) < 4.78 is 0. The van der Waals surface area contributed by atoms with Crippen molar-refractivity contribution in [1.82, 2.24) is 5.32 Å². The van der Waals surface area contributed by atoms with E-state index in [1.807, 2.05) is 0 Å².